The van der Waals surface area contributed by atoms with Gasteiger partial charge in [-0.05, 0) is 56.0 Å². The van der Waals surface area contributed by atoms with Crippen molar-refractivity contribution in [2.75, 3.05) is 19.0 Å². The number of urea groups is 1. The molecule has 2 amide bonds. The molecule has 0 atom stereocenters. The summed E-state index contributed by atoms with van der Waals surface area (Å²) < 4.78 is 7.27. The molecule has 0 spiro atoms. The minimum absolute atomic E-state index is 0.318. The molecule has 2 heterocycles. The Morgan fingerprint density at radius 3 is 2.90 bits per heavy atom. The van der Waals surface area contributed by atoms with Gasteiger partial charge in [0.2, 0.25) is 0 Å². The Hall–Kier alpha value is -3.06. The van der Waals surface area contributed by atoms with Crippen LogP contribution in [0.4, 0.5) is 10.5 Å². The molecule has 0 bridgehead atoms. The van der Waals surface area contributed by atoms with Crippen molar-refractivity contribution in [2.24, 2.45) is 0 Å². The van der Waals surface area contributed by atoms with Crippen LogP contribution in [0, 0.1) is 0 Å². The molecule has 0 saturated heterocycles. The molecule has 0 unspecified atom stereocenters. The molecule has 1 aliphatic carbocycles. The van der Waals surface area contributed by atoms with Crippen LogP contribution < -0.4 is 15.4 Å². The lowest BCUT2D eigenvalue weighted by Crippen LogP contribution is -2.32. The van der Waals surface area contributed by atoms with Crippen molar-refractivity contribution < 1.29 is 9.53 Å². The van der Waals surface area contributed by atoms with Gasteiger partial charge in [0.15, 0.2) is 0 Å². The summed E-state index contributed by atoms with van der Waals surface area (Å²) in [5.74, 6) is 0.552. The molecule has 0 aliphatic heterocycles. The molecule has 2 aromatic heterocycles. The summed E-state index contributed by atoms with van der Waals surface area (Å²) in [5.41, 5.74) is 4.91. The average Bonchev–Trinajstić information content (AvgIpc) is 3.13. The number of amides is 2. The fourth-order valence-corrected chi connectivity index (χ4v) is 3.96. The second kappa shape index (κ2) is 9.17. The lowest BCUT2D eigenvalue weighted by Gasteiger charge is -2.15. The van der Waals surface area contributed by atoms with E-state index in [1.54, 1.807) is 31.5 Å². The predicted octanol–water partition coefficient (Wildman–Crippen LogP) is 4.31. The van der Waals surface area contributed by atoms with Gasteiger partial charge in [0.25, 0.3) is 0 Å². The number of rotatable bonds is 6. The van der Waals surface area contributed by atoms with E-state index in [0.29, 0.717) is 29.5 Å². The summed E-state index contributed by atoms with van der Waals surface area (Å²) in [6.07, 6.45) is 6.13. The molecule has 30 heavy (non-hydrogen) atoms. The van der Waals surface area contributed by atoms with E-state index in [4.69, 9.17) is 21.4 Å². The van der Waals surface area contributed by atoms with Gasteiger partial charge >= 0.3 is 6.03 Å². The monoisotopic (exact) mass is 425 g/mol. The summed E-state index contributed by atoms with van der Waals surface area (Å²) in [7, 11) is 1.55. The zero-order valence-corrected chi connectivity index (χ0v) is 17.6. The highest BCUT2D eigenvalue weighted by Crippen LogP contribution is 2.30. The average molecular weight is 426 g/mol. The largest absolute Gasteiger partial charge is 0.495 e. The number of hydrogen-bond donors (Lipinski definition) is 2. The molecule has 156 valence electrons. The molecule has 1 aromatic carbocycles. The first-order chi connectivity index (χ1) is 14.7. The third-order valence-corrected chi connectivity index (χ3v) is 5.42. The molecular formula is C22H24ClN5O2. The van der Waals surface area contributed by atoms with E-state index in [2.05, 4.69) is 15.6 Å². The van der Waals surface area contributed by atoms with Gasteiger partial charge in [0, 0.05) is 29.0 Å². The standard InChI is InChI=1S/C22H24ClN5O2/c1-30-20-10-9-15(23)14-18(20)26-22(29)25-12-13-28-19-8-3-2-6-16(19)21(27-28)17-7-4-5-11-24-17/h4-5,7,9-11,14H,2-3,6,8,12-13H2,1H3,(H2,25,26,29). The van der Waals surface area contributed by atoms with Crippen LogP contribution in [0.5, 0.6) is 5.75 Å². The Kier molecular flexibility index (Phi) is 6.18. The topological polar surface area (TPSA) is 81.1 Å². The molecule has 0 saturated carbocycles. The van der Waals surface area contributed by atoms with Gasteiger partial charge in [-0.1, -0.05) is 17.7 Å². The van der Waals surface area contributed by atoms with Crippen molar-refractivity contribution in [3.63, 3.8) is 0 Å². The number of benzene rings is 1. The number of nitrogens with zero attached hydrogens (tertiary/aromatic N) is 3. The maximum absolute atomic E-state index is 12.3. The lowest BCUT2D eigenvalue weighted by molar-refractivity contribution is 0.251. The zero-order valence-electron chi connectivity index (χ0n) is 16.8. The second-order valence-corrected chi connectivity index (χ2v) is 7.58. The van der Waals surface area contributed by atoms with E-state index in [-0.39, 0.29) is 6.03 Å². The number of ether oxygens (including phenoxy) is 1. The number of fused-ring (bicyclic) bond motifs is 1. The Morgan fingerprint density at radius 2 is 2.10 bits per heavy atom. The second-order valence-electron chi connectivity index (χ2n) is 7.14. The molecular weight excluding hydrogens is 402 g/mol. The summed E-state index contributed by atoms with van der Waals surface area (Å²) in [4.78, 5) is 16.8. The van der Waals surface area contributed by atoms with E-state index >= 15 is 0 Å². The Labute approximate surface area is 180 Å². The Bertz CT molecular complexity index is 1040. The van der Waals surface area contributed by atoms with Gasteiger partial charge in [-0.3, -0.25) is 9.67 Å². The first-order valence-electron chi connectivity index (χ1n) is 10.0. The van der Waals surface area contributed by atoms with Crippen LogP contribution in [0.15, 0.2) is 42.6 Å². The molecule has 1 aliphatic rings. The smallest absolute Gasteiger partial charge is 0.319 e. The van der Waals surface area contributed by atoms with E-state index < -0.39 is 0 Å². The lowest BCUT2D eigenvalue weighted by atomic mass is 9.95. The van der Waals surface area contributed by atoms with Gasteiger partial charge in [-0.2, -0.15) is 5.10 Å². The van der Waals surface area contributed by atoms with Gasteiger partial charge in [0.1, 0.15) is 11.4 Å². The van der Waals surface area contributed by atoms with Gasteiger partial charge in [0.05, 0.1) is 25.0 Å². The normalized spacial score (nSPS) is 12.9. The van der Waals surface area contributed by atoms with E-state index in [1.165, 1.54) is 17.7 Å². The van der Waals surface area contributed by atoms with E-state index in [9.17, 15) is 4.79 Å². The quantitative estimate of drug-likeness (QED) is 0.616. The summed E-state index contributed by atoms with van der Waals surface area (Å²) in [5, 5.41) is 11.0. The highest BCUT2D eigenvalue weighted by Gasteiger charge is 2.22. The summed E-state index contributed by atoms with van der Waals surface area (Å²) >= 11 is 6.02. The van der Waals surface area contributed by atoms with E-state index in [0.717, 1.165) is 30.7 Å². The summed E-state index contributed by atoms with van der Waals surface area (Å²) in [6, 6.07) is 10.6. The number of pyridine rings is 1. The maximum atomic E-state index is 12.3. The van der Waals surface area contributed by atoms with Crippen LogP contribution in [0.3, 0.4) is 0 Å². The predicted molar refractivity (Wildman–Crippen MR) is 117 cm³/mol. The number of nitrogens with one attached hydrogen (secondary N) is 2. The van der Waals surface area contributed by atoms with Gasteiger partial charge in [-0.25, -0.2) is 4.79 Å². The minimum atomic E-state index is -0.318. The van der Waals surface area contributed by atoms with Crippen molar-refractivity contribution in [1.82, 2.24) is 20.1 Å². The van der Waals surface area contributed by atoms with Gasteiger partial charge in [-0.15, -0.1) is 0 Å². The Morgan fingerprint density at radius 1 is 1.23 bits per heavy atom. The van der Waals surface area contributed by atoms with Gasteiger partial charge < -0.3 is 15.4 Å². The van der Waals surface area contributed by atoms with Crippen molar-refractivity contribution >= 4 is 23.3 Å². The van der Waals surface area contributed by atoms with Crippen LogP contribution in [0.2, 0.25) is 5.02 Å². The van der Waals surface area contributed by atoms with Crippen LogP contribution >= 0.6 is 11.6 Å². The SMILES string of the molecule is COc1ccc(Cl)cc1NC(=O)NCCn1nc(-c2ccccn2)c2c1CCCC2. The van der Waals surface area contributed by atoms with Crippen molar-refractivity contribution in [3.05, 3.63) is 58.9 Å². The molecule has 2 N–H and O–H groups in total. The molecule has 3 aromatic rings. The molecule has 8 heteroatoms. The third-order valence-electron chi connectivity index (χ3n) is 5.18. The fourth-order valence-electron chi connectivity index (χ4n) is 3.78. The minimum Gasteiger partial charge on any atom is -0.495 e. The molecule has 4 rings (SSSR count). The molecule has 7 nitrogen and oxygen atoms in total. The fraction of sp³-hybridized carbons (Fsp3) is 0.318. The Balaban J connectivity index is 1.43. The number of carbonyl (C=O) groups excluding carboxylic acids is 1. The van der Waals surface area contributed by atoms with Crippen molar-refractivity contribution in [2.45, 2.75) is 32.2 Å². The highest BCUT2D eigenvalue weighted by atomic mass is 35.5. The van der Waals surface area contributed by atoms with Crippen molar-refractivity contribution in [3.8, 4) is 17.1 Å². The number of carbonyl (C=O) groups is 1. The number of anilines is 1. The zero-order chi connectivity index (χ0) is 20.9. The number of halogens is 1. The molecule has 0 fully saturated rings. The third kappa shape index (κ3) is 4.41. The highest BCUT2D eigenvalue weighted by molar-refractivity contribution is 6.31. The van der Waals surface area contributed by atoms with Crippen LogP contribution in [-0.4, -0.2) is 34.5 Å². The van der Waals surface area contributed by atoms with Crippen LogP contribution in [-0.2, 0) is 19.4 Å². The van der Waals surface area contributed by atoms with Crippen molar-refractivity contribution in [1.29, 1.82) is 0 Å². The molecule has 0 radical (unpaired) electrons. The maximum Gasteiger partial charge on any atom is 0.319 e. The van der Waals surface area contributed by atoms with Crippen LogP contribution in [0.25, 0.3) is 11.4 Å². The van der Waals surface area contributed by atoms with E-state index in [1.807, 2.05) is 22.9 Å². The van der Waals surface area contributed by atoms with Crippen LogP contribution in [0.1, 0.15) is 24.1 Å². The number of hydrogen-bond acceptors (Lipinski definition) is 4. The summed E-state index contributed by atoms with van der Waals surface area (Å²) in [6.45, 7) is 1.04. The first kappa shape index (κ1) is 20.2. The number of methoxy groups -OCH3 is 1. The number of aromatic nitrogens is 3. The first-order valence-corrected chi connectivity index (χ1v) is 10.4.